The Labute approximate surface area is 251 Å². The molecule has 0 bridgehead atoms. The van der Waals surface area contributed by atoms with Crippen molar-refractivity contribution >= 4 is 42.5 Å². The molecule has 7 heteroatoms. The van der Waals surface area contributed by atoms with Gasteiger partial charge in [0.15, 0.2) is 0 Å². The molecule has 2 atom stereocenters. The van der Waals surface area contributed by atoms with Gasteiger partial charge in [0.1, 0.15) is 6.04 Å². The number of nitrogens with one attached hydrogen (secondary N) is 2. The molecule has 2 unspecified atom stereocenters. The first kappa shape index (κ1) is 33.5. The topological polar surface area (TPSA) is 78.4 Å². The van der Waals surface area contributed by atoms with Crippen LogP contribution in [0.1, 0.15) is 92.6 Å². The third-order valence-corrected chi connectivity index (χ3v) is 8.47. The van der Waals surface area contributed by atoms with Gasteiger partial charge in [-0.15, -0.1) is 0 Å². The second-order valence-corrected chi connectivity index (χ2v) is 11.8. The molecule has 1 amide bonds. The van der Waals surface area contributed by atoms with Gasteiger partial charge in [0, 0.05) is 18.2 Å². The second kappa shape index (κ2) is 17.9. The van der Waals surface area contributed by atoms with Gasteiger partial charge in [0.2, 0.25) is 0 Å². The first-order chi connectivity index (χ1) is 18.4. The molecule has 3 N–H and O–H groups in total. The predicted octanol–water partition coefficient (Wildman–Crippen LogP) is 6.57. The van der Waals surface area contributed by atoms with E-state index in [1.165, 1.54) is 57.8 Å². The molecule has 1 fully saturated rings. The number of rotatable bonds is 15. The van der Waals surface area contributed by atoms with Crippen molar-refractivity contribution in [3.05, 3.63) is 59.2 Å². The fourth-order valence-electron chi connectivity index (χ4n) is 5.57. The average molecular weight is 547 g/mol. The van der Waals surface area contributed by atoms with E-state index in [9.17, 15) is 14.7 Å². The van der Waals surface area contributed by atoms with Crippen molar-refractivity contribution in [2.75, 3.05) is 12.0 Å². The summed E-state index contributed by atoms with van der Waals surface area (Å²) in [5.74, 6) is 0.170. The number of carboxylic acids is 1. The Morgan fingerprint density at radius 3 is 2.46 bits per heavy atom. The summed E-state index contributed by atoms with van der Waals surface area (Å²) in [6, 6.07) is 13.7. The third-order valence-electron chi connectivity index (χ3n) is 7.82. The Morgan fingerprint density at radius 1 is 1.05 bits per heavy atom. The minimum atomic E-state index is -0.998. The summed E-state index contributed by atoms with van der Waals surface area (Å²) >= 11 is 1.58. The van der Waals surface area contributed by atoms with Crippen LogP contribution < -0.4 is 10.6 Å². The fraction of sp³-hybridized carbons (Fsp3) is 0.562. The molecule has 0 saturated heterocycles. The number of carbonyl (C=O) groups is 2. The molecular formula is C32H47LiN2O3S. The van der Waals surface area contributed by atoms with Gasteiger partial charge in [-0.2, -0.15) is 11.8 Å². The molecule has 0 aromatic heterocycles. The third kappa shape index (κ3) is 10.7. The summed E-state index contributed by atoms with van der Waals surface area (Å²) in [6.45, 7) is 5.06. The van der Waals surface area contributed by atoms with Crippen LogP contribution in [0.3, 0.4) is 0 Å². The van der Waals surface area contributed by atoms with Gasteiger partial charge >= 0.3 is 24.8 Å². The van der Waals surface area contributed by atoms with Crippen molar-refractivity contribution in [2.24, 2.45) is 5.92 Å². The normalized spacial score (nSPS) is 15.3. The number of unbranched alkanes of at least 4 members (excludes halogenated alkanes) is 1. The van der Waals surface area contributed by atoms with Crippen LogP contribution in [0.2, 0.25) is 0 Å². The van der Waals surface area contributed by atoms with Crippen LogP contribution in [0, 0.1) is 12.8 Å². The molecule has 1 aliphatic carbocycles. The van der Waals surface area contributed by atoms with E-state index in [0.717, 1.165) is 34.7 Å². The van der Waals surface area contributed by atoms with E-state index in [0.29, 0.717) is 23.8 Å². The summed E-state index contributed by atoms with van der Waals surface area (Å²) in [4.78, 5) is 25.1. The van der Waals surface area contributed by atoms with Crippen LogP contribution in [0.5, 0.6) is 0 Å². The number of hydrogen-bond donors (Lipinski definition) is 3. The monoisotopic (exact) mass is 546 g/mol. The van der Waals surface area contributed by atoms with Crippen LogP contribution >= 0.6 is 11.8 Å². The first-order valence-electron chi connectivity index (χ1n) is 14.4. The molecule has 5 nitrogen and oxygen atoms in total. The van der Waals surface area contributed by atoms with E-state index in [2.05, 4.69) is 23.6 Å². The predicted molar refractivity (Wildman–Crippen MR) is 167 cm³/mol. The molecule has 1 saturated carbocycles. The Bertz CT molecular complexity index is 1040. The van der Waals surface area contributed by atoms with Crippen molar-refractivity contribution in [1.29, 1.82) is 0 Å². The van der Waals surface area contributed by atoms with E-state index in [-0.39, 0.29) is 24.8 Å². The second-order valence-electron chi connectivity index (χ2n) is 10.8. The van der Waals surface area contributed by atoms with Crippen molar-refractivity contribution < 1.29 is 14.7 Å². The van der Waals surface area contributed by atoms with Crippen LogP contribution in [-0.4, -0.2) is 59.9 Å². The van der Waals surface area contributed by atoms with Crippen molar-refractivity contribution in [2.45, 2.75) is 96.7 Å². The minimum absolute atomic E-state index is 0. The number of carboxylic acid groups (broad SMARTS) is 1. The number of thioether (sulfide) groups is 1. The van der Waals surface area contributed by atoms with Gasteiger partial charge in [-0.25, -0.2) is 4.79 Å². The van der Waals surface area contributed by atoms with Crippen molar-refractivity contribution in [1.82, 2.24) is 10.6 Å². The Kier molecular flexibility index (Phi) is 15.3. The molecule has 2 aromatic carbocycles. The molecule has 39 heavy (non-hydrogen) atoms. The summed E-state index contributed by atoms with van der Waals surface area (Å²) in [5.41, 5.74) is 4.60. The van der Waals surface area contributed by atoms with Gasteiger partial charge in [-0.05, 0) is 78.5 Å². The van der Waals surface area contributed by atoms with Gasteiger partial charge in [-0.3, -0.25) is 4.79 Å². The summed E-state index contributed by atoms with van der Waals surface area (Å²) < 4.78 is 0. The van der Waals surface area contributed by atoms with E-state index in [4.69, 9.17) is 0 Å². The van der Waals surface area contributed by atoms with E-state index < -0.39 is 12.0 Å². The fourth-order valence-corrected chi connectivity index (χ4v) is 6.04. The van der Waals surface area contributed by atoms with E-state index >= 15 is 0 Å². The van der Waals surface area contributed by atoms with Gasteiger partial charge in [0.05, 0.1) is 0 Å². The molecule has 3 rings (SSSR count). The molecule has 210 valence electrons. The van der Waals surface area contributed by atoms with Crippen LogP contribution in [0.25, 0.3) is 11.1 Å². The number of carbonyl (C=O) groups excluding carboxylic acids is 1. The van der Waals surface area contributed by atoms with Gasteiger partial charge in [0.25, 0.3) is 5.91 Å². The Morgan fingerprint density at radius 2 is 1.79 bits per heavy atom. The van der Waals surface area contributed by atoms with E-state index in [1.54, 1.807) is 11.8 Å². The maximum atomic E-state index is 13.3. The number of aryl methyl sites for hydroxylation is 1. The SMILES string of the molecule is CCCCC(CC1CCCCC1)NCc1ccc(C(=O)NC(CCSC)C(=O)O)c(-c2ccccc2C)c1.[LiH]. The first-order valence-corrected chi connectivity index (χ1v) is 15.8. The molecular weight excluding hydrogens is 499 g/mol. The zero-order valence-electron chi connectivity index (χ0n) is 23.4. The standard InChI is InChI=1S/C32H46N2O3S.Li.H/c1-4-5-14-26(20-24-12-7-6-8-13-24)33-22-25-16-17-28(29(21-25)27-15-10-9-11-23(27)2)31(35)34-30(32(36)37)18-19-38-3;;/h9-11,15-17,21,24,26,30,33H,4-8,12-14,18-20,22H2,1-3H3,(H,34,35)(H,36,37);;. The van der Waals surface area contributed by atoms with Crippen molar-refractivity contribution in [3.8, 4) is 11.1 Å². The summed E-state index contributed by atoms with van der Waals surface area (Å²) in [6.07, 6.45) is 14.1. The molecule has 0 spiro atoms. The van der Waals surface area contributed by atoms with Crippen LogP contribution in [0.15, 0.2) is 42.5 Å². The van der Waals surface area contributed by atoms with Gasteiger partial charge in [-0.1, -0.05) is 82.2 Å². The molecule has 2 aromatic rings. The summed E-state index contributed by atoms with van der Waals surface area (Å²) in [7, 11) is 0. The zero-order valence-corrected chi connectivity index (χ0v) is 24.2. The zero-order chi connectivity index (χ0) is 27.3. The number of amides is 1. The molecule has 0 radical (unpaired) electrons. The molecule has 0 aliphatic heterocycles. The average Bonchev–Trinajstić information content (AvgIpc) is 2.93. The summed E-state index contributed by atoms with van der Waals surface area (Å²) in [5, 5.41) is 16.3. The molecule has 0 heterocycles. The number of aliphatic carboxylic acids is 1. The van der Waals surface area contributed by atoms with Crippen LogP contribution in [0.4, 0.5) is 0 Å². The van der Waals surface area contributed by atoms with E-state index in [1.807, 2.05) is 49.6 Å². The van der Waals surface area contributed by atoms with Crippen molar-refractivity contribution in [3.63, 3.8) is 0 Å². The Balaban J connectivity index is 0.00000533. The molecule has 1 aliphatic rings. The van der Waals surface area contributed by atoms with Crippen LogP contribution in [-0.2, 0) is 11.3 Å². The number of hydrogen-bond acceptors (Lipinski definition) is 4. The number of benzene rings is 2. The maximum absolute atomic E-state index is 13.3. The quantitative estimate of drug-likeness (QED) is 0.220. The van der Waals surface area contributed by atoms with Gasteiger partial charge < -0.3 is 15.7 Å². The Hall–Kier alpha value is -1.71.